The van der Waals surface area contributed by atoms with Crippen molar-refractivity contribution in [2.24, 2.45) is 0 Å². The zero-order chi connectivity index (χ0) is 14.5. The molecule has 0 bridgehead atoms. The van der Waals surface area contributed by atoms with Crippen LogP contribution in [0.3, 0.4) is 0 Å². The molecular weight excluding hydrogens is 266 g/mol. The molecule has 1 atom stereocenters. The minimum absolute atomic E-state index is 0.0706. The smallest absolute Gasteiger partial charge is 0.410 e. The third-order valence-corrected chi connectivity index (χ3v) is 2.98. The molecule has 1 saturated heterocycles. The SMILES string of the molecule is CC(C)(C)OC(=O)N1CCCC1COC(=O)CCS. The Morgan fingerprint density at radius 2 is 2.05 bits per heavy atom. The van der Waals surface area contributed by atoms with Gasteiger partial charge in [0.05, 0.1) is 12.5 Å². The summed E-state index contributed by atoms with van der Waals surface area (Å²) < 4.78 is 10.5. The van der Waals surface area contributed by atoms with E-state index in [4.69, 9.17) is 9.47 Å². The Kier molecular flexibility index (Phi) is 5.97. The second-order valence-electron chi connectivity index (χ2n) is 5.63. The molecule has 1 unspecified atom stereocenters. The van der Waals surface area contributed by atoms with Gasteiger partial charge in [-0.25, -0.2) is 4.79 Å². The first kappa shape index (κ1) is 16.1. The molecule has 0 aromatic carbocycles. The molecule has 19 heavy (non-hydrogen) atoms. The summed E-state index contributed by atoms with van der Waals surface area (Å²) in [7, 11) is 0. The van der Waals surface area contributed by atoms with E-state index >= 15 is 0 Å². The molecule has 0 aromatic rings. The topological polar surface area (TPSA) is 55.8 Å². The maximum absolute atomic E-state index is 12.0. The van der Waals surface area contributed by atoms with Crippen molar-refractivity contribution in [2.75, 3.05) is 18.9 Å². The van der Waals surface area contributed by atoms with E-state index in [1.165, 1.54) is 0 Å². The predicted molar refractivity (Wildman–Crippen MR) is 75.4 cm³/mol. The number of ether oxygens (including phenoxy) is 2. The van der Waals surface area contributed by atoms with Crippen molar-refractivity contribution >= 4 is 24.7 Å². The molecule has 1 aliphatic rings. The lowest BCUT2D eigenvalue weighted by Gasteiger charge is -2.28. The van der Waals surface area contributed by atoms with Crippen LogP contribution in [0.25, 0.3) is 0 Å². The number of thiol groups is 1. The fourth-order valence-corrected chi connectivity index (χ4v) is 2.11. The van der Waals surface area contributed by atoms with Crippen LogP contribution >= 0.6 is 12.6 Å². The molecule has 0 aliphatic carbocycles. The number of amides is 1. The molecule has 0 aromatic heterocycles. The van der Waals surface area contributed by atoms with Crippen molar-refractivity contribution in [3.8, 4) is 0 Å². The Hall–Kier alpha value is -0.910. The second kappa shape index (κ2) is 7.03. The molecule has 1 rings (SSSR count). The lowest BCUT2D eigenvalue weighted by atomic mass is 10.2. The number of esters is 1. The summed E-state index contributed by atoms with van der Waals surface area (Å²) in [5.74, 6) is 0.199. The summed E-state index contributed by atoms with van der Waals surface area (Å²) >= 11 is 3.97. The van der Waals surface area contributed by atoms with E-state index in [1.54, 1.807) is 4.90 Å². The molecular formula is C13H23NO4S. The fraction of sp³-hybridized carbons (Fsp3) is 0.846. The van der Waals surface area contributed by atoms with Crippen LogP contribution in [0, 0.1) is 0 Å². The highest BCUT2D eigenvalue weighted by atomic mass is 32.1. The van der Waals surface area contributed by atoms with Crippen molar-refractivity contribution in [2.45, 2.75) is 51.7 Å². The predicted octanol–water partition coefficient (Wildman–Crippen LogP) is 2.25. The normalized spacial score (nSPS) is 19.4. The van der Waals surface area contributed by atoms with Crippen LogP contribution in [-0.2, 0) is 14.3 Å². The molecule has 1 heterocycles. The van der Waals surface area contributed by atoms with E-state index in [0.29, 0.717) is 18.7 Å². The van der Waals surface area contributed by atoms with Gasteiger partial charge in [-0.1, -0.05) is 0 Å². The highest BCUT2D eigenvalue weighted by Gasteiger charge is 2.32. The number of likely N-dealkylation sites (tertiary alicyclic amines) is 1. The van der Waals surface area contributed by atoms with Gasteiger partial charge in [0, 0.05) is 12.3 Å². The van der Waals surface area contributed by atoms with Gasteiger partial charge in [-0.2, -0.15) is 12.6 Å². The number of hydrogen-bond acceptors (Lipinski definition) is 5. The standard InChI is InChI=1S/C13H23NO4S/c1-13(2,3)18-12(16)14-7-4-5-10(14)9-17-11(15)6-8-19/h10,19H,4-9H2,1-3H3. The number of carbonyl (C=O) groups is 2. The van der Waals surface area contributed by atoms with E-state index < -0.39 is 5.60 Å². The van der Waals surface area contributed by atoms with Gasteiger partial charge < -0.3 is 14.4 Å². The summed E-state index contributed by atoms with van der Waals surface area (Å²) in [6.07, 6.45) is 1.71. The van der Waals surface area contributed by atoms with Gasteiger partial charge in [0.1, 0.15) is 12.2 Å². The minimum atomic E-state index is -0.507. The van der Waals surface area contributed by atoms with Crippen LogP contribution in [0.4, 0.5) is 4.79 Å². The van der Waals surface area contributed by atoms with Gasteiger partial charge >= 0.3 is 12.1 Å². The molecule has 0 spiro atoms. The van der Waals surface area contributed by atoms with Crippen molar-refractivity contribution in [3.63, 3.8) is 0 Å². The molecule has 1 fully saturated rings. The molecule has 0 saturated carbocycles. The lowest BCUT2D eigenvalue weighted by molar-refractivity contribution is -0.144. The van der Waals surface area contributed by atoms with E-state index in [2.05, 4.69) is 12.6 Å². The van der Waals surface area contributed by atoms with E-state index in [-0.39, 0.29) is 24.7 Å². The zero-order valence-electron chi connectivity index (χ0n) is 11.8. The number of nitrogens with zero attached hydrogens (tertiary/aromatic N) is 1. The van der Waals surface area contributed by atoms with Crippen LogP contribution in [0.1, 0.15) is 40.0 Å². The van der Waals surface area contributed by atoms with Gasteiger partial charge in [0.2, 0.25) is 0 Å². The third-order valence-electron chi connectivity index (χ3n) is 2.76. The molecule has 110 valence electrons. The number of carbonyl (C=O) groups excluding carboxylic acids is 2. The van der Waals surface area contributed by atoms with Crippen LogP contribution in [0.15, 0.2) is 0 Å². The first-order valence-corrected chi connectivity index (χ1v) is 7.23. The minimum Gasteiger partial charge on any atom is -0.463 e. The lowest BCUT2D eigenvalue weighted by Crippen LogP contribution is -2.42. The van der Waals surface area contributed by atoms with E-state index in [1.807, 2.05) is 20.8 Å². The van der Waals surface area contributed by atoms with Crippen LogP contribution in [0.2, 0.25) is 0 Å². The maximum Gasteiger partial charge on any atom is 0.410 e. The van der Waals surface area contributed by atoms with Crippen LogP contribution in [-0.4, -0.2) is 47.5 Å². The second-order valence-corrected chi connectivity index (χ2v) is 6.07. The van der Waals surface area contributed by atoms with Gasteiger partial charge in [-0.15, -0.1) is 0 Å². The average Bonchev–Trinajstić information content (AvgIpc) is 2.72. The Balaban J connectivity index is 2.45. The monoisotopic (exact) mass is 289 g/mol. The van der Waals surface area contributed by atoms with Gasteiger partial charge in [0.25, 0.3) is 0 Å². The highest BCUT2D eigenvalue weighted by Crippen LogP contribution is 2.21. The summed E-state index contributed by atoms with van der Waals surface area (Å²) in [5.41, 5.74) is -0.507. The Labute approximate surface area is 120 Å². The molecule has 6 heteroatoms. The molecule has 0 radical (unpaired) electrons. The largest absolute Gasteiger partial charge is 0.463 e. The van der Waals surface area contributed by atoms with Crippen molar-refractivity contribution in [1.82, 2.24) is 4.90 Å². The Bertz CT molecular complexity index is 327. The van der Waals surface area contributed by atoms with Crippen molar-refractivity contribution in [3.05, 3.63) is 0 Å². The summed E-state index contributed by atoms with van der Waals surface area (Å²) in [4.78, 5) is 24.9. The van der Waals surface area contributed by atoms with E-state index in [0.717, 1.165) is 12.8 Å². The summed E-state index contributed by atoms with van der Waals surface area (Å²) in [6.45, 7) is 6.41. The van der Waals surface area contributed by atoms with Gasteiger partial charge in [-0.05, 0) is 33.6 Å². The highest BCUT2D eigenvalue weighted by molar-refractivity contribution is 7.80. The summed E-state index contributed by atoms with van der Waals surface area (Å²) in [5, 5.41) is 0. The average molecular weight is 289 g/mol. The zero-order valence-corrected chi connectivity index (χ0v) is 12.7. The first-order valence-electron chi connectivity index (χ1n) is 6.59. The maximum atomic E-state index is 12.0. The molecule has 5 nitrogen and oxygen atoms in total. The Morgan fingerprint density at radius 3 is 2.63 bits per heavy atom. The quantitative estimate of drug-likeness (QED) is 0.637. The molecule has 1 aliphatic heterocycles. The van der Waals surface area contributed by atoms with Crippen molar-refractivity contribution in [1.29, 1.82) is 0 Å². The summed E-state index contributed by atoms with van der Waals surface area (Å²) in [6, 6.07) is -0.0706. The third kappa shape index (κ3) is 5.72. The van der Waals surface area contributed by atoms with Crippen LogP contribution < -0.4 is 0 Å². The number of rotatable bonds is 4. The Morgan fingerprint density at radius 1 is 1.37 bits per heavy atom. The van der Waals surface area contributed by atoms with Crippen molar-refractivity contribution < 1.29 is 19.1 Å². The number of hydrogen-bond donors (Lipinski definition) is 1. The molecule has 1 amide bonds. The van der Waals surface area contributed by atoms with E-state index in [9.17, 15) is 9.59 Å². The fourth-order valence-electron chi connectivity index (χ4n) is 1.92. The first-order chi connectivity index (χ1) is 8.83. The van der Waals surface area contributed by atoms with Crippen LogP contribution in [0.5, 0.6) is 0 Å². The van der Waals surface area contributed by atoms with Gasteiger partial charge in [-0.3, -0.25) is 4.79 Å². The van der Waals surface area contributed by atoms with Gasteiger partial charge in [0.15, 0.2) is 0 Å². The molecule has 0 N–H and O–H groups in total.